The van der Waals surface area contributed by atoms with E-state index in [1.54, 1.807) is 0 Å². The Balaban J connectivity index is 2.49. The van der Waals surface area contributed by atoms with Crippen molar-refractivity contribution in [2.45, 2.75) is 12.8 Å². The van der Waals surface area contributed by atoms with Gasteiger partial charge in [-0.2, -0.15) is 0 Å². The summed E-state index contributed by atoms with van der Waals surface area (Å²) in [5.41, 5.74) is 5.64. The van der Waals surface area contributed by atoms with E-state index < -0.39 is 24.8 Å². The third-order valence-corrected chi connectivity index (χ3v) is 2.30. The SMILES string of the molecule is NCC#Cc1ccc(NC(=O)CCOCC(F)F)c(F)c1. The number of hydrogen-bond donors (Lipinski definition) is 2. The van der Waals surface area contributed by atoms with Gasteiger partial charge in [-0.25, -0.2) is 13.2 Å². The van der Waals surface area contributed by atoms with Gasteiger partial charge in [-0.05, 0) is 18.2 Å². The lowest BCUT2D eigenvalue weighted by molar-refractivity contribution is -0.117. The standard InChI is InChI=1S/C14H15F3N2O2/c15-11-8-10(2-1-6-18)3-4-12(11)19-14(20)5-7-21-9-13(16)17/h3-4,8,13H,5-7,9,18H2,(H,19,20). The molecule has 0 aliphatic heterocycles. The van der Waals surface area contributed by atoms with Crippen LogP contribution in [0.2, 0.25) is 0 Å². The molecular formula is C14H15F3N2O2. The first-order chi connectivity index (χ1) is 10.0. The van der Waals surface area contributed by atoms with Crippen LogP contribution in [0.15, 0.2) is 18.2 Å². The van der Waals surface area contributed by atoms with Crippen LogP contribution in [0, 0.1) is 17.7 Å². The average Bonchev–Trinajstić information content (AvgIpc) is 2.44. The predicted molar refractivity (Wildman–Crippen MR) is 72.4 cm³/mol. The molecule has 21 heavy (non-hydrogen) atoms. The Labute approximate surface area is 120 Å². The van der Waals surface area contributed by atoms with E-state index in [9.17, 15) is 18.0 Å². The van der Waals surface area contributed by atoms with Gasteiger partial charge in [-0.3, -0.25) is 4.79 Å². The number of ether oxygens (including phenoxy) is 1. The first kappa shape index (κ1) is 17.0. The van der Waals surface area contributed by atoms with Crippen molar-refractivity contribution in [1.29, 1.82) is 0 Å². The average molecular weight is 300 g/mol. The molecule has 0 fully saturated rings. The number of nitrogens with one attached hydrogen (secondary N) is 1. The van der Waals surface area contributed by atoms with Crippen LogP contribution < -0.4 is 11.1 Å². The number of nitrogens with two attached hydrogens (primary N) is 1. The first-order valence-corrected chi connectivity index (χ1v) is 6.17. The van der Waals surface area contributed by atoms with Crippen molar-refractivity contribution in [3.05, 3.63) is 29.6 Å². The summed E-state index contributed by atoms with van der Waals surface area (Å²) in [6.45, 7) is -0.716. The lowest BCUT2D eigenvalue weighted by Crippen LogP contribution is -2.16. The monoisotopic (exact) mass is 300 g/mol. The molecule has 0 spiro atoms. The zero-order chi connectivity index (χ0) is 15.7. The van der Waals surface area contributed by atoms with E-state index in [4.69, 9.17) is 5.73 Å². The number of benzene rings is 1. The van der Waals surface area contributed by atoms with Gasteiger partial charge in [0.1, 0.15) is 12.4 Å². The maximum atomic E-state index is 13.7. The summed E-state index contributed by atoms with van der Waals surface area (Å²) < 4.78 is 41.8. The minimum atomic E-state index is -2.58. The Kier molecular flexibility index (Phi) is 7.29. The molecule has 1 aromatic rings. The second-order valence-electron chi connectivity index (χ2n) is 3.96. The Morgan fingerprint density at radius 1 is 1.43 bits per heavy atom. The lowest BCUT2D eigenvalue weighted by atomic mass is 10.2. The van der Waals surface area contributed by atoms with Crippen LogP contribution in [0.25, 0.3) is 0 Å². The van der Waals surface area contributed by atoms with Gasteiger partial charge in [0.2, 0.25) is 5.91 Å². The number of amides is 1. The molecule has 0 saturated carbocycles. The van der Waals surface area contributed by atoms with Gasteiger partial charge >= 0.3 is 0 Å². The zero-order valence-corrected chi connectivity index (χ0v) is 11.2. The second-order valence-corrected chi connectivity index (χ2v) is 3.96. The number of hydrogen-bond acceptors (Lipinski definition) is 3. The third kappa shape index (κ3) is 6.79. The van der Waals surface area contributed by atoms with Crippen molar-refractivity contribution >= 4 is 11.6 Å². The van der Waals surface area contributed by atoms with E-state index in [2.05, 4.69) is 21.9 Å². The van der Waals surface area contributed by atoms with Crippen molar-refractivity contribution in [2.24, 2.45) is 5.73 Å². The first-order valence-electron chi connectivity index (χ1n) is 6.17. The van der Waals surface area contributed by atoms with Gasteiger partial charge in [0.15, 0.2) is 0 Å². The molecule has 1 aromatic carbocycles. The van der Waals surface area contributed by atoms with E-state index in [1.807, 2.05) is 0 Å². The second kappa shape index (κ2) is 9.00. The summed E-state index contributed by atoms with van der Waals surface area (Å²) in [4.78, 5) is 11.5. The van der Waals surface area contributed by atoms with Gasteiger partial charge in [-0.15, -0.1) is 0 Å². The van der Waals surface area contributed by atoms with E-state index in [0.29, 0.717) is 5.56 Å². The molecule has 0 bridgehead atoms. The molecule has 3 N–H and O–H groups in total. The Morgan fingerprint density at radius 2 is 2.19 bits per heavy atom. The molecule has 0 atom stereocenters. The van der Waals surface area contributed by atoms with Crippen LogP contribution >= 0.6 is 0 Å². The quantitative estimate of drug-likeness (QED) is 0.621. The van der Waals surface area contributed by atoms with Gasteiger partial charge in [0.05, 0.1) is 25.3 Å². The van der Waals surface area contributed by atoms with E-state index in [-0.39, 0.29) is 25.3 Å². The summed E-state index contributed by atoms with van der Waals surface area (Å²) in [7, 11) is 0. The molecule has 0 saturated heterocycles. The minimum Gasteiger partial charge on any atom is -0.375 e. The van der Waals surface area contributed by atoms with E-state index >= 15 is 0 Å². The number of rotatable bonds is 6. The van der Waals surface area contributed by atoms with E-state index in [1.165, 1.54) is 18.2 Å². The van der Waals surface area contributed by atoms with Crippen molar-refractivity contribution < 1.29 is 22.7 Å². The van der Waals surface area contributed by atoms with Crippen LogP contribution in [0.4, 0.5) is 18.9 Å². The largest absolute Gasteiger partial charge is 0.375 e. The molecule has 0 aromatic heterocycles. The van der Waals surface area contributed by atoms with Gasteiger partial charge in [0.25, 0.3) is 6.43 Å². The van der Waals surface area contributed by atoms with Crippen molar-refractivity contribution in [1.82, 2.24) is 0 Å². The molecule has 0 aliphatic carbocycles. The van der Waals surface area contributed by atoms with Gasteiger partial charge < -0.3 is 15.8 Å². The topological polar surface area (TPSA) is 64.3 Å². The summed E-state index contributed by atoms with van der Waals surface area (Å²) in [5, 5.41) is 2.33. The summed E-state index contributed by atoms with van der Waals surface area (Å²) >= 11 is 0. The molecule has 1 amide bonds. The summed E-state index contributed by atoms with van der Waals surface area (Å²) in [5.74, 6) is 4.08. The highest BCUT2D eigenvalue weighted by molar-refractivity contribution is 5.90. The van der Waals surface area contributed by atoms with Crippen LogP contribution in [-0.2, 0) is 9.53 Å². The van der Waals surface area contributed by atoms with Crippen molar-refractivity contribution in [3.8, 4) is 11.8 Å². The molecule has 114 valence electrons. The normalized spacial score (nSPS) is 10.1. The number of alkyl halides is 2. The highest BCUT2D eigenvalue weighted by Crippen LogP contribution is 2.15. The molecule has 4 nitrogen and oxygen atoms in total. The zero-order valence-electron chi connectivity index (χ0n) is 11.2. The molecule has 0 unspecified atom stereocenters. The summed E-state index contributed by atoms with van der Waals surface area (Å²) in [6, 6.07) is 4.08. The molecule has 0 aliphatic rings. The van der Waals surface area contributed by atoms with Crippen LogP contribution in [-0.4, -0.2) is 32.1 Å². The Hall–Kier alpha value is -2.04. The number of halogens is 3. The minimum absolute atomic E-state index is 0.00726. The molecular weight excluding hydrogens is 285 g/mol. The molecule has 1 rings (SSSR count). The molecule has 0 radical (unpaired) electrons. The maximum absolute atomic E-state index is 13.7. The Morgan fingerprint density at radius 3 is 2.81 bits per heavy atom. The fourth-order valence-electron chi connectivity index (χ4n) is 1.40. The highest BCUT2D eigenvalue weighted by atomic mass is 19.3. The van der Waals surface area contributed by atoms with Gasteiger partial charge in [-0.1, -0.05) is 11.8 Å². The number of carbonyl (C=O) groups excluding carboxylic acids is 1. The number of anilines is 1. The number of carbonyl (C=O) groups is 1. The Bertz CT molecular complexity index is 539. The third-order valence-electron chi connectivity index (χ3n) is 2.30. The van der Waals surface area contributed by atoms with Crippen molar-refractivity contribution in [3.63, 3.8) is 0 Å². The molecule has 7 heteroatoms. The van der Waals surface area contributed by atoms with Crippen molar-refractivity contribution in [2.75, 3.05) is 25.1 Å². The summed E-state index contributed by atoms with van der Waals surface area (Å²) in [6.07, 6.45) is -2.71. The maximum Gasteiger partial charge on any atom is 0.261 e. The smallest absolute Gasteiger partial charge is 0.261 e. The molecule has 0 heterocycles. The highest BCUT2D eigenvalue weighted by Gasteiger charge is 2.08. The lowest BCUT2D eigenvalue weighted by Gasteiger charge is -2.07. The predicted octanol–water partition coefficient (Wildman–Crippen LogP) is 1.75. The van der Waals surface area contributed by atoms with E-state index in [0.717, 1.165) is 0 Å². The fourth-order valence-corrected chi connectivity index (χ4v) is 1.40. The van der Waals surface area contributed by atoms with Crippen LogP contribution in [0.3, 0.4) is 0 Å². The van der Waals surface area contributed by atoms with Crippen LogP contribution in [0.5, 0.6) is 0 Å². The van der Waals surface area contributed by atoms with Crippen LogP contribution in [0.1, 0.15) is 12.0 Å². The van der Waals surface area contributed by atoms with Gasteiger partial charge in [0, 0.05) is 5.56 Å². The fraction of sp³-hybridized carbons (Fsp3) is 0.357.